The number of hydrogen-bond donors (Lipinski definition) is 1. The number of anilines is 2. The predicted octanol–water partition coefficient (Wildman–Crippen LogP) is 5.12. The van der Waals surface area contributed by atoms with E-state index >= 15 is 0 Å². The SMILES string of the molecule is CCc1nc(Cl)c(C)c(Nc2c(C)cc(Br)cc2C)n1. The summed E-state index contributed by atoms with van der Waals surface area (Å²) in [6, 6.07) is 4.16. The first kappa shape index (κ1) is 15.3. The highest BCUT2D eigenvalue weighted by Crippen LogP contribution is 2.30. The van der Waals surface area contributed by atoms with Crippen LogP contribution in [-0.4, -0.2) is 9.97 Å². The molecule has 0 saturated heterocycles. The molecule has 1 heterocycles. The lowest BCUT2D eigenvalue weighted by Gasteiger charge is -2.15. The van der Waals surface area contributed by atoms with Crippen molar-refractivity contribution in [2.45, 2.75) is 34.1 Å². The fourth-order valence-corrected chi connectivity index (χ4v) is 2.91. The van der Waals surface area contributed by atoms with E-state index in [1.807, 2.05) is 13.8 Å². The molecule has 1 aromatic carbocycles. The molecule has 0 spiro atoms. The number of halogens is 2. The van der Waals surface area contributed by atoms with Gasteiger partial charge in [0.05, 0.1) is 0 Å². The lowest BCUT2D eigenvalue weighted by molar-refractivity contribution is 0.933. The number of aromatic nitrogens is 2. The van der Waals surface area contributed by atoms with Crippen molar-refractivity contribution in [3.8, 4) is 0 Å². The van der Waals surface area contributed by atoms with Crippen LogP contribution in [0.15, 0.2) is 16.6 Å². The number of benzene rings is 1. The quantitative estimate of drug-likeness (QED) is 0.777. The molecule has 0 aliphatic heterocycles. The Morgan fingerprint density at radius 1 is 1.15 bits per heavy atom. The minimum absolute atomic E-state index is 0.506. The Morgan fingerprint density at radius 2 is 1.75 bits per heavy atom. The highest BCUT2D eigenvalue weighted by molar-refractivity contribution is 9.10. The molecule has 0 unspecified atom stereocenters. The van der Waals surface area contributed by atoms with Crippen molar-refractivity contribution in [2.75, 3.05) is 5.32 Å². The summed E-state index contributed by atoms with van der Waals surface area (Å²) < 4.78 is 1.07. The van der Waals surface area contributed by atoms with E-state index in [2.05, 4.69) is 57.2 Å². The molecule has 1 N–H and O–H groups in total. The second kappa shape index (κ2) is 6.10. The molecule has 0 bridgehead atoms. The zero-order chi connectivity index (χ0) is 14.9. The van der Waals surface area contributed by atoms with E-state index in [1.54, 1.807) is 0 Å². The van der Waals surface area contributed by atoms with Crippen LogP contribution >= 0.6 is 27.5 Å². The number of rotatable bonds is 3. The van der Waals surface area contributed by atoms with Gasteiger partial charge in [-0.3, -0.25) is 0 Å². The molecular formula is C15H17BrClN3. The fourth-order valence-electron chi connectivity index (χ4n) is 2.04. The number of nitrogens with one attached hydrogen (secondary N) is 1. The van der Waals surface area contributed by atoms with Crippen molar-refractivity contribution in [1.29, 1.82) is 0 Å². The Bertz CT molecular complexity index is 633. The second-order valence-corrected chi connectivity index (χ2v) is 6.07. The highest BCUT2D eigenvalue weighted by Gasteiger charge is 2.11. The van der Waals surface area contributed by atoms with Crippen LogP contribution in [0.4, 0.5) is 11.5 Å². The normalized spacial score (nSPS) is 10.7. The average molecular weight is 355 g/mol. The Kier molecular flexibility index (Phi) is 4.66. The Labute approximate surface area is 132 Å². The molecule has 0 fully saturated rings. The lowest BCUT2D eigenvalue weighted by Crippen LogP contribution is -2.05. The lowest BCUT2D eigenvalue weighted by atomic mass is 10.1. The largest absolute Gasteiger partial charge is 0.339 e. The van der Waals surface area contributed by atoms with Gasteiger partial charge < -0.3 is 5.32 Å². The first-order valence-electron chi connectivity index (χ1n) is 6.49. The molecule has 2 aromatic rings. The standard InChI is InChI=1S/C15H17BrClN3/c1-5-12-18-14(17)10(4)15(19-12)20-13-8(2)6-11(16)7-9(13)3/h6-7H,5H2,1-4H3,(H,18,19,20). The molecule has 20 heavy (non-hydrogen) atoms. The highest BCUT2D eigenvalue weighted by atomic mass is 79.9. The summed E-state index contributed by atoms with van der Waals surface area (Å²) in [6.45, 7) is 8.08. The van der Waals surface area contributed by atoms with E-state index in [9.17, 15) is 0 Å². The maximum atomic E-state index is 6.17. The molecular weight excluding hydrogens is 338 g/mol. The molecule has 0 atom stereocenters. The van der Waals surface area contributed by atoms with Gasteiger partial charge >= 0.3 is 0 Å². The molecule has 0 saturated carbocycles. The van der Waals surface area contributed by atoms with E-state index in [1.165, 1.54) is 0 Å². The van der Waals surface area contributed by atoms with Crippen LogP contribution in [0.25, 0.3) is 0 Å². The van der Waals surface area contributed by atoms with E-state index in [0.29, 0.717) is 5.15 Å². The summed E-state index contributed by atoms with van der Waals surface area (Å²) >= 11 is 9.68. The molecule has 0 aliphatic rings. The maximum absolute atomic E-state index is 6.17. The van der Waals surface area contributed by atoms with Gasteiger partial charge in [0.25, 0.3) is 0 Å². The molecule has 0 aliphatic carbocycles. The van der Waals surface area contributed by atoms with Crippen LogP contribution in [0.2, 0.25) is 5.15 Å². The molecule has 2 rings (SSSR count). The predicted molar refractivity (Wildman–Crippen MR) is 88.1 cm³/mol. The first-order valence-corrected chi connectivity index (χ1v) is 7.66. The molecule has 1 aromatic heterocycles. The van der Waals surface area contributed by atoms with Crippen LogP contribution in [0.5, 0.6) is 0 Å². The van der Waals surface area contributed by atoms with Crippen molar-refractivity contribution in [1.82, 2.24) is 9.97 Å². The van der Waals surface area contributed by atoms with Gasteiger partial charge in [0.1, 0.15) is 16.8 Å². The summed E-state index contributed by atoms with van der Waals surface area (Å²) in [5.41, 5.74) is 4.24. The Balaban J connectivity index is 2.47. The van der Waals surface area contributed by atoms with Gasteiger partial charge in [-0.25, -0.2) is 9.97 Å². The van der Waals surface area contributed by atoms with Gasteiger partial charge in [0, 0.05) is 22.1 Å². The van der Waals surface area contributed by atoms with Crippen molar-refractivity contribution in [3.05, 3.63) is 44.3 Å². The maximum Gasteiger partial charge on any atom is 0.138 e. The minimum Gasteiger partial charge on any atom is -0.339 e. The van der Waals surface area contributed by atoms with Crippen LogP contribution in [0.1, 0.15) is 29.4 Å². The van der Waals surface area contributed by atoms with Crippen molar-refractivity contribution < 1.29 is 0 Å². The molecule has 106 valence electrons. The fraction of sp³-hybridized carbons (Fsp3) is 0.333. The molecule has 0 radical (unpaired) electrons. The summed E-state index contributed by atoms with van der Waals surface area (Å²) in [7, 11) is 0. The molecule has 3 nitrogen and oxygen atoms in total. The summed E-state index contributed by atoms with van der Waals surface area (Å²) in [4.78, 5) is 8.79. The van der Waals surface area contributed by atoms with Crippen LogP contribution in [0.3, 0.4) is 0 Å². The number of hydrogen-bond acceptors (Lipinski definition) is 3. The topological polar surface area (TPSA) is 37.8 Å². The summed E-state index contributed by atoms with van der Waals surface area (Å²) in [5.74, 6) is 1.52. The zero-order valence-electron chi connectivity index (χ0n) is 12.0. The third-order valence-corrected chi connectivity index (χ3v) is 4.02. The van der Waals surface area contributed by atoms with Gasteiger partial charge in [-0.1, -0.05) is 34.5 Å². The van der Waals surface area contributed by atoms with Crippen LogP contribution in [-0.2, 0) is 6.42 Å². The Hall–Kier alpha value is -1.13. The summed E-state index contributed by atoms with van der Waals surface area (Å²) in [6.07, 6.45) is 0.757. The smallest absolute Gasteiger partial charge is 0.138 e. The second-order valence-electron chi connectivity index (χ2n) is 4.80. The Morgan fingerprint density at radius 3 is 2.30 bits per heavy atom. The van der Waals surface area contributed by atoms with Gasteiger partial charge in [-0.2, -0.15) is 0 Å². The van der Waals surface area contributed by atoms with E-state index in [4.69, 9.17) is 11.6 Å². The van der Waals surface area contributed by atoms with E-state index in [-0.39, 0.29) is 0 Å². The monoisotopic (exact) mass is 353 g/mol. The molecule has 0 amide bonds. The minimum atomic E-state index is 0.506. The summed E-state index contributed by atoms with van der Waals surface area (Å²) in [5, 5.41) is 3.90. The van der Waals surface area contributed by atoms with Crippen LogP contribution < -0.4 is 5.32 Å². The van der Waals surface area contributed by atoms with E-state index in [0.717, 1.165) is 44.9 Å². The van der Waals surface area contributed by atoms with Crippen molar-refractivity contribution in [3.63, 3.8) is 0 Å². The third kappa shape index (κ3) is 3.13. The average Bonchev–Trinajstić information content (AvgIpc) is 2.38. The molecule has 5 heteroatoms. The third-order valence-electron chi connectivity index (χ3n) is 3.19. The van der Waals surface area contributed by atoms with Crippen molar-refractivity contribution in [2.24, 2.45) is 0 Å². The van der Waals surface area contributed by atoms with Gasteiger partial charge in [0.15, 0.2) is 0 Å². The number of nitrogens with zero attached hydrogens (tertiary/aromatic N) is 2. The van der Waals surface area contributed by atoms with Gasteiger partial charge in [-0.05, 0) is 44.0 Å². The van der Waals surface area contributed by atoms with Crippen molar-refractivity contribution >= 4 is 39.0 Å². The van der Waals surface area contributed by atoms with Crippen LogP contribution in [0, 0.1) is 20.8 Å². The first-order chi connectivity index (χ1) is 9.42. The van der Waals surface area contributed by atoms with E-state index < -0.39 is 0 Å². The number of aryl methyl sites for hydroxylation is 3. The van der Waals surface area contributed by atoms with Gasteiger partial charge in [-0.15, -0.1) is 0 Å². The van der Waals surface area contributed by atoms with Gasteiger partial charge in [0.2, 0.25) is 0 Å². The zero-order valence-corrected chi connectivity index (χ0v) is 14.4.